The molecule has 1 heterocycles. The first-order valence-electron chi connectivity index (χ1n) is 12.4. The van der Waals surface area contributed by atoms with Gasteiger partial charge in [0.15, 0.2) is 0 Å². The molecule has 1 N–H and O–H groups in total. The second-order valence-electron chi connectivity index (χ2n) is 8.32. The van der Waals surface area contributed by atoms with Crippen molar-refractivity contribution in [1.29, 1.82) is 0 Å². The minimum Gasteiger partial charge on any atom is -0.469 e. The predicted molar refractivity (Wildman–Crippen MR) is 154 cm³/mol. The van der Waals surface area contributed by atoms with Gasteiger partial charge < -0.3 is 14.6 Å². The zero-order valence-electron chi connectivity index (χ0n) is 22.0. The molecule has 0 aliphatic heterocycles. The summed E-state index contributed by atoms with van der Waals surface area (Å²) in [5.74, 6) is -0.438. The van der Waals surface area contributed by atoms with Gasteiger partial charge in [-0.2, -0.15) is 0 Å². The number of hydrogen-bond acceptors (Lipinski definition) is 3. The summed E-state index contributed by atoms with van der Waals surface area (Å²) in [6, 6.07) is 21.3. The van der Waals surface area contributed by atoms with E-state index in [0.717, 1.165) is 38.9 Å². The van der Waals surface area contributed by atoms with Crippen molar-refractivity contribution in [3.8, 4) is 0 Å². The molecule has 0 unspecified atom stereocenters. The number of nitrogens with zero attached hydrogens (tertiary/aromatic N) is 1. The van der Waals surface area contributed by atoms with E-state index in [1.54, 1.807) is 24.3 Å². The summed E-state index contributed by atoms with van der Waals surface area (Å²) in [6.07, 6.45) is 3.69. The molecule has 0 saturated carbocycles. The summed E-state index contributed by atoms with van der Waals surface area (Å²) in [6.45, 7) is 14.3. The number of carbonyl (C=O) groups excluding carboxylic acids is 2. The molecule has 0 aliphatic carbocycles. The Balaban J connectivity index is 0.00000186. The molecule has 0 fully saturated rings. The van der Waals surface area contributed by atoms with Gasteiger partial charge in [0.2, 0.25) is 0 Å². The van der Waals surface area contributed by atoms with E-state index in [-0.39, 0.29) is 18.3 Å². The van der Waals surface area contributed by atoms with Crippen molar-refractivity contribution in [1.82, 2.24) is 4.57 Å². The Bertz CT molecular complexity index is 1430. The molecular formula is C32H34N2O3. The Hall–Kier alpha value is -4.38. The number of nitrogens with one attached hydrogen (secondary N) is 1. The number of rotatable bonds is 8. The molecule has 1 aromatic heterocycles. The van der Waals surface area contributed by atoms with Gasteiger partial charge in [-0.15, -0.1) is 0 Å². The average Bonchev–Trinajstić information content (AvgIpc) is 3.20. The van der Waals surface area contributed by atoms with Gasteiger partial charge in [-0.1, -0.05) is 75.6 Å². The standard InChI is InChI=1S/C30H28N2O3.C2H6/c1-5-22-13-14-24(17-23(22)6-2)30(34)31-25-15-11-21(12-16-25)19-32-20(3)27(18-29(33)35-4)26-9-7-8-10-28(26)32;1-2/h5-17H,1-2,18-19H2,3-4H3,(H,31,34);1-2H3. The highest BCUT2D eigenvalue weighted by molar-refractivity contribution is 6.04. The van der Waals surface area contributed by atoms with E-state index < -0.39 is 0 Å². The summed E-state index contributed by atoms with van der Waals surface area (Å²) >= 11 is 0. The molecule has 3 aromatic carbocycles. The first-order chi connectivity index (χ1) is 17.9. The van der Waals surface area contributed by atoms with Crippen LogP contribution in [-0.2, 0) is 22.5 Å². The average molecular weight is 495 g/mol. The fraction of sp³-hybridized carbons (Fsp3) is 0.188. The molecule has 0 spiro atoms. The van der Waals surface area contributed by atoms with Crippen LogP contribution < -0.4 is 5.32 Å². The Morgan fingerprint density at radius 2 is 1.62 bits per heavy atom. The van der Waals surface area contributed by atoms with Crippen molar-refractivity contribution < 1.29 is 14.3 Å². The van der Waals surface area contributed by atoms with E-state index in [9.17, 15) is 9.59 Å². The van der Waals surface area contributed by atoms with Crippen LogP contribution in [0.25, 0.3) is 23.1 Å². The van der Waals surface area contributed by atoms with Crippen LogP contribution in [0.5, 0.6) is 0 Å². The molecule has 4 aromatic rings. The summed E-state index contributed by atoms with van der Waals surface area (Å²) in [7, 11) is 1.41. The molecule has 0 bridgehead atoms. The summed E-state index contributed by atoms with van der Waals surface area (Å²) in [5.41, 5.74) is 7.25. The van der Waals surface area contributed by atoms with Gasteiger partial charge in [-0.3, -0.25) is 9.59 Å². The Labute approximate surface area is 219 Å². The van der Waals surface area contributed by atoms with Crippen LogP contribution in [-0.4, -0.2) is 23.6 Å². The lowest BCUT2D eigenvalue weighted by atomic mass is 10.0. The van der Waals surface area contributed by atoms with E-state index >= 15 is 0 Å². The maximum atomic E-state index is 12.8. The zero-order valence-corrected chi connectivity index (χ0v) is 22.0. The molecule has 5 nitrogen and oxygen atoms in total. The molecule has 5 heteroatoms. The van der Waals surface area contributed by atoms with E-state index in [1.807, 2.05) is 69.3 Å². The fourth-order valence-electron chi connectivity index (χ4n) is 4.30. The lowest BCUT2D eigenvalue weighted by Gasteiger charge is -2.11. The highest BCUT2D eigenvalue weighted by Crippen LogP contribution is 2.28. The third-order valence-electron chi connectivity index (χ3n) is 6.25. The van der Waals surface area contributed by atoms with Crippen molar-refractivity contribution in [2.45, 2.75) is 33.7 Å². The number of hydrogen-bond donors (Lipinski definition) is 1. The molecule has 0 radical (unpaired) electrons. The summed E-state index contributed by atoms with van der Waals surface area (Å²) in [5, 5.41) is 4.01. The van der Waals surface area contributed by atoms with E-state index in [1.165, 1.54) is 7.11 Å². The van der Waals surface area contributed by atoms with Gasteiger partial charge in [-0.05, 0) is 59.5 Å². The van der Waals surface area contributed by atoms with Crippen LogP contribution in [0, 0.1) is 6.92 Å². The predicted octanol–water partition coefficient (Wildman–Crippen LogP) is 7.28. The number of para-hydroxylation sites is 1. The summed E-state index contributed by atoms with van der Waals surface area (Å²) in [4.78, 5) is 24.7. The maximum Gasteiger partial charge on any atom is 0.310 e. The van der Waals surface area contributed by atoms with Gasteiger partial charge in [0.25, 0.3) is 5.91 Å². The second-order valence-corrected chi connectivity index (χ2v) is 8.32. The van der Waals surface area contributed by atoms with Crippen LogP contribution in [0.3, 0.4) is 0 Å². The Kier molecular flexibility index (Phi) is 9.22. The van der Waals surface area contributed by atoms with Crippen molar-refractivity contribution >= 4 is 40.6 Å². The van der Waals surface area contributed by atoms with Gasteiger partial charge in [0.05, 0.1) is 13.5 Å². The van der Waals surface area contributed by atoms with Gasteiger partial charge >= 0.3 is 5.97 Å². The number of anilines is 1. The van der Waals surface area contributed by atoms with E-state index in [2.05, 4.69) is 29.1 Å². The largest absolute Gasteiger partial charge is 0.469 e. The normalized spacial score (nSPS) is 10.3. The molecule has 4 rings (SSSR count). The van der Waals surface area contributed by atoms with Crippen molar-refractivity contribution in [3.05, 3.63) is 113 Å². The number of carbonyl (C=O) groups is 2. The van der Waals surface area contributed by atoms with Gasteiger partial charge in [-0.25, -0.2) is 0 Å². The third-order valence-corrected chi connectivity index (χ3v) is 6.25. The summed E-state index contributed by atoms with van der Waals surface area (Å²) < 4.78 is 7.10. The molecule has 190 valence electrons. The van der Waals surface area contributed by atoms with Crippen molar-refractivity contribution in [3.63, 3.8) is 0 Å². The number of esters is 1. The number of methoxy groups -OCH3 is 1. The van der Waals surface area contributed by atoms with Crippen molar-refractivity contribution in [2.75, 3.05) is 12.4 Å². The third kappa shape index (κ3) is 6.07. The number of aromatic nitrogens is 1. The Morgan fingerprint density at radius 1 is 0.946 bits per heavy atom. The lowest BCUT2D eigenvalue weighted by Crippen LogP contribution is -2.12. The fourth-order valence-corrected chi connectivity index (χ4v) is 4.30. The molecule has 1 amide bonds. The molecule has 0 atom stereocenters. The number of ether oxygens (including phenoxy) is 1. The Morgan fingerprint density at radius 3 is 2.27 bits per heavy atom. The molecule has 0 saturated heterocycles. The maximum absolute atomic E-state index is 12.8. The minimum absolute atomic E-state index is 0.184. The van der Waals surface area contributed by atoms with Gasteiger partial charge in [0.1, 0.15) is 0 Å². The lowest BCUT2D eigenvalue weighted by molar-refractivity contribution is -0.139. The van der Waals surface area contributed by atoms with E-state index in [0.29, 0.717) is 17.8 Å². The molecule has 37 heavy (non-hydrogen) atoms. The van der Waals surface area contributed by atoms with Crippen LogP contribution in [0.2, 0.25) is 0 Å². The molecule has 0 aliphatic rings. The highest BCUT2D eigenvalue weighted by atomic mass is 16.5. The van der Waals surface area contributed by atoms with E-state index in [4.69, 9.17) is 4.74 Å². The number of fused-ring (bicyclic) bond motifs is 1. The smallest absolute Gasteiger partial charge is 0.310 e. The highest BCUT2D eigenvalue weighted by Gasteiger charge is 2.17. The first kappa shape index (κ1) is 27.2. The van der Waals surface area contributed by atoms with Gasteiger partial charge in [0, 0.05) is 34.4 Å². The molecular weight excluding hydrogens is 460 g/mol. The number of benzene rings is 3. The van der Waals surface area contributed by atoms with Crippen molar-refractivity contribution in [2.24, 2.45) is 0 Å². The topological polar surface area (TPSA) is 60.3 Å². The minimum atomic E-state index is -0.254. The van der Waals surface area contributed by atoms with Crippen LogP contribution in [0.15, 0.2) is 79.9 Å². The SMILES string of the molecule is C=Cc1ccc(C(=O)Nc2ccc(Cn3c(C)c(CC(=O)OC)c4ccccc43)cc2)cc1C=C.CC. The monoisotopic (exact) mass is 494 g/mol. The second kappa shape index (κ2) is 12.5. The first-order valence-corrected chi connectivity index (χ1v) is 12.4. The van der Waals surface area contributed by atoms with Crippen LogP contribution >= 0.6 is 0 Å². The van der Waals surface area contributed by atoms with Crippen LogP contribution in [0.1, 0.15) is 52.2 Å². The van der Waals surface area contributed by atoms with Crippen LogP contribution in [0.4, 0.5) is 5.69 Å². The quantitative estimate of drug-likeness (QED) is 0.262. The zero-order chi connectivity index (χ0) is 26.9. The number of amides is 1.